The summed E-state index contributed by atoms with van der Waals surface area (Å²) in [5.74, 6) is 0.613. The van der Waals surface area contributed by atoms with Crippen LogP contribution in [0.3, 0.4) is 0 Å². The molecule has 0 aromatic heterocycles. The Morgan fingerprint density at radius 3 is 2.21 bits per heavy atom. The maximum absolute atomic E-state index is 10.3. The maximum Gasteiger partial charge on any atom is 0.0659 e. The van der Waals surface area contributed by atoms with Crippen molar-refractivity contribution < 1.29 is 5.11 Å². The molecule has 0 bridgehead atoms. The minimum Gasteiger partial charge on any atom is -0.392 e. The Hall–Kier alpha value is -0.0800. The molecule has 3 N–H and O–H groups in total. The van der Waals surface area contributed by atoms with Gasteiger partial charge in [0.2, 0.25) is 0 Å². The number of nitrogens with two attached hydrogens (primary N) is 1. The van der Waals surface area contributed by atoms with E-state index in [1.54, 1.807) is 0 Å². The second-order valence-electron chi connectivity index (χ2n) is 6.06. The Balaban J connectivity index is 2.81. The number of hydrogen-bond donors (Lipinski definition) is 2. The third kappa shape index (κ3) is 1.96. The summed E-state index contributed by atoms with van der Waals surface area (Å²) in [4.78, 5) is 0. The lowest BCUT2D eigenvalue weighted by atomic mass is 9.73. The van der Waals surface area contributed by atoms with Gasteiger partial charge in [0.05, 0.1) is 6.10 Å². The quantitative estimate of drug-likeness (QED) is 0.731. The van der Waals surface area contributed by atoms with Gasteiger partial charge in [-0.25, -0.2) is 0 Å². The van der Waals surface area contributed by atoms with Gasteiger partial charge >= 0.3 is 0 Å². The second-order valence-corrected chi connectivity index (χ2v) is 6.06. The van der Waals surface area contributed by atoms with E-state index in [9.17, 15) is 5.11 Å². The lowest BCUT2D eigenvalue weighted by Gasteiger charge is -2.37. The zero-order chi connectivity index (χ0) is 11.0. The summed E-state index contributed by atoms with van der Waals surface area (Å²) in [6.07, 6.45) is 2.99. The number of hydrogen-bond acceptors (Lipinski definition) is 2. The van der Waals surface area contributed by atoms with Crippen molar-refractivity contribution in [2.45, 2.75) is 53.1 Å². The van der Waals surface area contributed by atoms with Crippen molar-refractivity contribution in [2.75, 3.05) is 6.54 Å². The van der Waals surface area contributed by atoms with E-state index in [2.05, 4.69) is 27.7 Å². The summed E-state index contributed by atoms with van der Waals surface area (Å²) in [5, 5.41) is 10.3. The minimum atomic E-state index is -0.234. The fraction of sp³-hybridized carbons (Fsp3) is 1.00. The molecule has 84 valence electrons. The van der Waals surface area contributed by atoms with Crippen molar-refractivity contribution in [1.82, 2.24) is 0 Å². The molecule has 0 saturated heterocycles. The molecule has 0 radical (unpaired) electrons. The Kier molecular flexibility index (Phi) is 3.27. The Morgan fingerprint density at radius 2 is 1.93 bits per heavy atom. The molecule has 0 aliphatic heterocycles. The third-order valence-electron chi connectivity index (χ3n) is 3.81. The van der Waals surface area contributed by atoms with Gasteiger partial charge in [0, 0.05) is 12.0 Å². The molecular formula is C12H25NO. The number of aliphatic hydroxyl groups is 1. The lowest BCUT2D eigenvalue weighted by molar-refractivity contribution is -0.0149. The topological polar surface area (TPSA) is 46.2 Å². The van der Waals surface area contributed by atoms with Crippen molar-refractivity contribution in [3.05, 3.63) is 0 Å². The molecule has 2 heteroatoms. The number of rotatable bonds is 3. The average Bonchev–Trinajstić information content (AvgIpc) is 2.30. The predicted molar refractivity (Wildman–Crippen MR) is 60.0 cm³/mol. The minimum absolute atomic E-state index is 0.0162. The van der Waals surface area contributed by atoms with Crippen LogP contribution in [0.2, 0.25) is 0 Å². The summed E-state index contributed by atoms with van der Waals surface area (Å²) in [5.41, 5.74) is 5.90. The van der Waals surface area contributed by atoms with Gasteiger partial charge in [-0.2, -0.15) is 0 Å². The van der Waals surface area contributed by atoms with Crippen LogP contribution in [0.4, 0.5) is 0 Å². The molecular weight excluding hydrogens is 174 g/mol. The molecule has 2 unspecified atom stereocenters. The Bertz CT molecular complexity index is 200. The van der Waals surface area contributed by atoms with Crippen LogP contribution in [0.15, 0.2) is 0 Å². The van der Waals surface area contributed by atoms with Gasteiger partial charge in [0.15, 0.2) is 0 Å². The largest absolute Gasteiger partial charge is 0.392 e. The fourth-order valence-electron chi connectivity index (χ4n) is 3.00. The molecule has 1 fully saturated rings. The number of aliphatic hydroxyl groups excluding tert-OH is 1. The van der Waals surface area contributed by atoms with Crippen LogP contribution >= 0.6 is 0 Å². The van der Waals surface area contributed by atoms with Gasteiger partial charge in [-0.3, -0.25) is 0 Å². The van der Waals surface area contributed by atoms with E-state index in [1.807, 2.05) is 0 Å². The average molecular weight is 199 g/mol. The van der Waals surface area contributed by atoms with Crippen LogP contribution in [0.25, 0.3) is 0 Å². The molecule has 0 spiro atoms. The molecule has 0 heterocycles. The molecule has 14 heavy (non-hydrogen) atoms. The standard InChI is InChI=1S/C12H25NO/c1-9(2)7-12(8-13)6-5-11(3,4)10(12)14/h9-10,14H,5-8,13H2,1-4H3. The van der Waals surface area contributed by atoms with E-state index in [1.165, 1.54) is 0 Å². The van der Waals surface area contributed by atoms with Crippen LogP contribution in [-0.2, 0) is 0 Å². The van der Waals surface area contributed by atoms with E-state index >= 15 is 0 Å². The summed E-state index contributed by atoms with van der Waals surface area (Å²) in [6.45, 7) is 9.32. The van der Waals surface area contributed by atoms with E-state index in [0.29, 0.717) is 12.5 Å². The molecule has 2 nitrogen and oxygen atoms in total. The van der Waals surface area contributed by atoms with Crippen LogP contribution in [0, 0.1) is 16.7 Å². The first-order valence-electron chi connectivity index (χ1n) is 5.72. The monoisotopic (exact) mass is 199 g/mol. The highest BCUT2D eigenvalue weighted by Gasteiger charge is 2.50. The zero-order valence-electron chi connectivity index (χ0n) is 10.0. The zero-order valence-corrected chi connectivity index (χ0v) is 10.0. The molecule has 1 rings (SSSR count). The molecule has 0 aromatic rings. The normalized spacial score (nSPS) is 36.6. The second kappa shape index (κ2) is 3.82. The highest BCUT2D eigenvalue weighted by Crippen LogP contribution is 2.51. The summed E-state index contributed by atoms with van der Waals surface area (Å²) >= 11 is 0. The first-order valence-corrected chi connectivity index (χ1v) is 5.72. The van der Waals surface area contributed by atoms with Crippen LogP contribution < -0.4 is 5.73 Å². The first kappa shape index (κ1) is 12.0. The predicted octanol–water partition coefficient (Wildman–Crippen LogP) is 2.16. The molecule has 0 aromatic carbocycles. The van der Waals surface area contributed by atoms with Gasteiger partial charge in [-0.05, 0) is 30.6 Å². The smallest absolute Gasteiger partial charge is 0.0659 e. The van der Waals surface area contributed by atoms with Gasteiger partial charge < -0.3 is 10.8 Å². The summed E-state index contributed by atoms with van der Waals surface area (Å²) < 4.78 is 0. The van der Waals surface area contributed by atoms with E-state index in [4.69, 9.17) is 5.73 Å². The van der Waals surface area contributed by atoms with Gasteiger partial charge in [-0.15, -0.1) is 0 Å². The van der Waals surface area contributed by atoms with Crippen molar-refractivity contribution in [1.29, 1.82) is 0 Å². The van der Waals surface area contributed by atoms with Crippen molar-refractivity contribution in [2.24, 2.45) is 22.5 Å². The maximum atomic E-state index is 10.3. The highest BCUT2D eigenvalue weighted by atomic mass is 16.3. The van der Waals surface area contributed by atoms with Crippen molar-refractivity contribution in [3.63, 3.8) is 0 Å². The molecule has 1 aliphatic rings. The SMILES string of the molecule is CC(C)CC1(CN)CCC(C)(C)C1O. The highest BCUT2D eigenvalue weighted by molar-refractivity contribution is 5.02. The van der Waals surface area contributed by atoms with Gasteiger partial charge in [0.25, 0.3) is 0 Å². The van der Waals surface area contributed by atoms with E-state index in [0.717, 1.165) is 19.3 Å². The third-order valence-corrected chi connectivity index (χ3v) is 3.81. The van der Waals surface area contributed by atoms with Crippen LogP contribution in [0.5, 0.6) is 0 Å². The lowest BCUT2D eigenvalue weighted by Crippen LogP contribution is -2.43. The molecule has 1 saturated carbocycles. The van der Waals surface area contributed by atoms with Crippen LogP contribution in [0.1, 0.15) is 47.0 Å². The summed E-state index contributed by atoms with van der Waals surface area (Å²) in [7, 11) is 0. The van der Waals surface area contributed by atoms with E-state index < -0.39 is 0 Å². The van der Waals surface area contributed by atoms with E-state index in [-0.39, 0.29) is 16.9 Å². The molecule has 0 amide bonds. The first-order chi connectivity index (χ1) is 6.34. The Morgan fingerprint density at radius 1 is 1.36 bits per heavy atom. The van der Waals surface area contributed by atoms with Crippen molar-refractivity contribution in [3.8, 4) is 0 Å². The van der Waals surface area contributed by atoms with Crippen molar-refractivity contribution >= 4 is 0 Å². The van der Waals surface area contributed by atoms with Crippen LogP contribution in [-0.4, -0.2) is 17.8 Å². The van der Waals surface area contributed by atoms with Gasteiger partial charge in [0.1, 0.15) is 0 Å². The fourth-order valence-corrected chi connectivity index (χ4v) is 3.00. The molecule has 1 aliphatic carbocycles. The molecule has 2 atom stereocenters. The summed E-state index contributed by atoms with van der Waals surface area (Å²) in [6, 6.07) is 0. The Labute approximate surface area is 87.9 Å². The van der Waals surface area contributed by atoms with Gasteiger partial charge in [-0.1, -0.05) is 27.7 Å².